The molecule has 0 bridgehead atoms. The van der Waals surface area contributed by atoms with Gasteiger partial charge in [0.1, 0.15) is 22.5 Å². The van der Waals surface area contributed by atoms with Crippen LogP contribution < -0.4 is 14.8 Å². The second-order valence-electron chi connectivity index (χ2n) is 5.88. The molecule has 7 heteroatoms. The summed E-state index contributed by atoms with van der Waals surface area (Å²) in [4.78, 5) is 4.55. The molecular formula is C21H18FN3O2S. The molecule has 0 aliphatic carbocycles. The molecule has 142 valence electrons. The Morgan fingerprint density at radius 3 is 2.68 bits per heavy atom. The number of nitriles is 1. The average molecular weight is 395 g/mol. The molecule has 0 fully saturated rings. The Labute approximate surface area is 166 Å². The van der Waals surface area contributed by atoms with Crippen LogP contribution in [0.25, 0.3) is 16.8 Å². The van der Waals surface area contributed by atoms with Gasteiger partial charge in [-0.2, -0.15) is 5.26 Å². The quantitative estimate of drug-likeness (QED) is 0.577. The normalized spacial score (nSPS) is 11.0. The molecular weight excluding hydrogens is 377 g/mol. The molecule has 1 aromatic heterocycles. The highest BCUT2D eigenvalue weighted by Crippen LogP contribution is 2.33. The lowest BCUT2D eigenvalue weighted by Crippen LogP contribution is -1.94. The summed E-state index contributed by atoms with van der Waals surface area (Å²) < 4.78 is 24.0. The number of methoxy groups -OCH3 is 2. The van der Waals surface area contributed by atoms with Crippen LogP contribution in [-0.2, 0) is 0 Å². The molecule has 5 nitrogen and oxygen atoms in total. The molecule has 3 aromatic rings. The maximum atomic E-state index is 13.4. The first-order chi connectivity index (χ1) is 13.5. The van der Waals surface area contributed by atoms with Crippen molar-refractivity contribution in [2.24, 2.45) is 0 Å². The van der Waals surface area contributed by atoms with Gasteiger partial charge in [-0.25, -0.2) is 9.37 Å². The number of hydrogen-bond donors (Lipinski definition) is 1. The van der Waals surface area contributed by atoms with Gasteiger partial charge in [0.25, 0.3) is 0 Å². The topological polar surface area (TPSA) is 67.2 Å². The van der Waals surface area contributed by atoms with Crippen LogP contribution in [0, 0.1) is 24.1 Å². The van der Waals surface area contributed by atoms with E-state index in [1.807, 2.05) is 30.5 Å². The van der Waals surface area contributed by atoms with Crippen LogP contribution in [0.4, 0.5) is 10.1 Å². The lowest BCUT2D eigenvalue weighted by molar-refractivity contribution is 0.355. The Hall–Kier alpha value is -3.37. The van der Waals surface area contributed by atoms with Crippen LogP contribution in [0.1, 0.15) is 10.6 Å². The Bertz CT molecular complexity index is 1070. The first-order valence-corrected chi connectivity index (χ1v) is 9.25. The Morgan fingerprint density at radius 2 is 1.96 bits per heavy atom. The maximum Gasteiger partial charge on any atom is 0.161 e. The van der Waals surface area contributed by atoms with Gasteiger partial charge in [0.2, 0.25) is 0 Å². The predicted octanol–water partition coefficient (Wildman–Crippen LogP) is 5.25. The van der Waals surface area contributed by atoms with Crippen LogP contribution in [0.5, 0.6) is 11.5 Å². The number of halogens is 1. The van der Waals surface area contributed by atoms with Crippen molar-refractivity contribution in [3.05, 3.63) is 64.4 Å². The molecule has 0 radical (unpaired) electrons. The van der Waals surface area contributed by atoms with Crippen LogP contribution in [0.3, 0.4) is 0 Å². The SMILES string of the molecule is COc1ccc(-c2csc(/C(C#N)=C\Nc3cc(F)ccc3C)n2)cc1OC. The number of thiazole rings is 1. The molecule has 0 unspecified atom stereocenters. The summed E-state index contributed by atoms with van der Waals surface area (Å²) in [5, 5.41) is 14.9. The van der Waals surface area contributed by atoms with E-state index < -0.39 is 0 Å². The van der Waals surface area contributed by atoms with E-state index in [9.17, 15) is 9.65 Å². The van der Waals surface area contributed by atoms with E-state index in [-0.39, 0.29) is 5.82 Å². The van der Waals surface area contributed by atoms with Gasteiger partial charge in [0.05, 0.1) is 19.9 Å². The predicted molar refractivity (Wildman–Crippen MR) is 109 cm³/mol. The van der Waals surface area contributed by atoms with Crippen molar-refractivity contribution in [3.63, 3.8) is 0 Å². The zero-order valence-corrected chi connectivity index (χ0v) is 16.4. The number of nitrogens with one attached hydrogen (secondary N) is 1. The fraction of sp³-hybridized carbons (Fsp3) is 0.143. The van der Waals surface area contributed by atoms with Crippen molar-refractivity contribution < 1.29 is 13.9 Å². The number of hydrogen-bond acceptors (Lipinski definition) is 6. The maximum absolute atomic E-state index is 13.4. The Balaban J connectivity index is 1.87. The smallest absolute Gasteiger partial charge is 0.161 e. The molecule has 0 spiro atoms. The summed E-state index contributed by atoms with van der Waals surface area (Å²) in [6, 6.07) is 12.1. The van der Waals surface area contributed by atoms with Crippen molar-refractivity contribution in [2.45, 2.75) is 6.92 Å². The first-order valence-electron chi connectivity index (χ1n) is 8.37. The molecule has 3 rings (SSSR count). The number of aryl methyl sites for hydroxylation is 1. The molecule has 0 amide bonds. The van der Waals surface area contributed by atoms with E-state index in [0.717, 1.165) is 16.8 Å². The van der Waals surface area contributed by atoms with Gasteiger partial charge in [0.15, 0.2) is 11.5 Å². The summed E-state index contributed by atoms with van der Waals surface area (Å²) in [7, 11) is 3.15. The zero-order valence-electron chi connectivity index (χ0n) is 15.6. The van der Waals surface area contributed by atoms with E-state index in [4.69, 9.17) is 9.47 Å². The second-order valence-corrected chi connectivity index (χ2v) is 6.74. The molecule has 0 aliphatic rings. The summed E-state index contributed by atoms with van der Waals surface area (Å²) in [5.41, 5.74) is 3.42. The van der Waals surface area contributed by atoms with E-state index in [1.165, 1.54) is 23.5 Å². The average Bonchev–Trinajstić information content (AvgIpc) is 3.20. The van der Waals surface area contributed by atoms with Crippen molar-refractivity contribution in [3.8, 4) is 28.8 Å². The summed E-state index contributed by atoms with van der Waals surface area (Å²) in [5.74, 6) is 0.896. The second kappa shape index (κ2) is 8.55. The first kappa shape index (κ1) is 19.4. The molecule has 0 atom stereocenters. The third kappa shape index (κ3) is 4.13. The highest BCUT2D eigenvalue weighted by atomic mass is 32.1. The van der Waals surface area contributed by atoms with Crippen LogP contribution in [0.15, 0.2) is 48.0 Å². The van der Waals surface area contributed by atoms with Gasteiger partial charge in [0, 0.05) is 22.8 Å². The fourth-order valence-corrected chi connectivity index (χ4v) is 3.36. The molecule has 0 aliphatic heterocycles. The number of benzene rings is 2. The molecule has 0 saturated carbocycles. The number of nitrogens with zero attached hydrogens (tertiary/aromatic N) is 2. The van der Waals surface area contributed by atoms with Gasteiger partial charge >= 0.3 is 0 Å². The van der Waals surface area contributed by atoms with Gasteiger partial charge in [-0.3, -0.25) is 0 Å². The lowest BCUT2D eigenvalue weighted by Gasteiger charge is -2.08. The molecule has 0 saturated heterocycles. The van der Waals surface area contributed by atoms with Crippen molar-refractivity contribution in [2.75, 3.05) is 19.5 Å². The van der Waals surface area contributed by atoms with Gasteiger partial charge in [-0.05, 0) is 42.8 Å². The van der Waals surface area contributed by atoms with Crippen molar-refractivity contribution >= 4 is 22.6 Å². The molecule has 1 heterocycles. The molecule has 1 N–H and O–H groups in total. The number of ether oxygens (including phenoxy) is 2. The van der Waals surface area contributed by atoms with E-state index in [2.05, 4.69) is 16.4 Å². The van der Waals surface area contributed by atoms with Crippen LogP contribution >= 0.6 is 11.3 Å². The summed E-state index contributed by atoms with van der Waals surface area (Å²) in [6.45, 7) is 1.86. The Morgan fingerprint density at radius 1 is 1.18 bits per heavy atom. The third-order valence-electron chi connectivity index (χ3n) is 4.11. The monoisotopic (exact) mass is 395 g/mol. The lowest BCUT2D eigenvalue weighted by atomic mass is 10.1. The van der Waals surface area contributed by atoms with Gasteiger partial charge in [-0.1, -0.05) is 6.07 Å². The van der Waals surface area contributed by atoms with Crippen molar-refractivity contribution in [1.29, 1.82) is 5.26 Å². The zero-order chi connectivity index (χ0) is 20.1. The number of anilines is 1. The van der Waals surface area contributed by atoms with E-state index >= 15 is 0 Å². The highest BCUT2D eigenvalue weighted by molar-refractivity contribution is 7.11. The van der Waals surface area contributed by atoms with Crippen LogP contribution in [0.2, 0.25) is 0 Å². The van der Waals surface area contributed by atoms with Gasteiger partial charge in [-0.15, -0.1) is 11.3 Å². The Kier molecular flexibility index (Phi) is 5.92. The highest BCUT2D eigenvalue weighted by Gasteiger charge is 2.12. The van der Waals surface area contributed by atoms with E-state index in [1.54, 1.807) is 26.5 Å². The number of allylic oxidation sites excluding steroid dienone is 1. The number of aromatic nitrogens is 1. The molecule has 28 heavy (non-hydrogen) atoms. The minimum atomic E-state index is -0.343. The standard InChI is InChI=1S/C21H18FN3O2S/c1-13-4-6-16(22)9-17(13)24-11-15(10-23)21-25-18(12-28-21)14-5-7-19(26-2)20(8-14)27-3/h4-9,11-12,24H,1-3H3/b15-11-. The van der Waals surface area contributed by atoms with E-state index in [0.29, 0.717) is 27.8 Å². The van der Waals surface area contributed by atoms with Gasteiger partial charge < -0.3 is 14.8 Å². The fourth-order valence-electron chi connectivity index (χ4n) is 2.57. The minimum absolute atomic E-state index is 0.343. The number of rotatable bonds is 6. The molecule has 2 aromatic carbocycles. The minimum Gasteiger partial charge on any atom is -0.493 e. The van der Waals surface area contributed by atoms with Crippen LogP contribution in [-0.4, -0.2) is 19.2 Å². The van der Waals surface area contributed by atoms with Crippen molar-refractivity contribution in [1.82, 2.24) is 4.98 Å². The largest absolute Gasteiger partial charge is 0.493 e. The third-order valence-corrected chi connectivity index (χ3v) is 4.98. The summed E-state index contributed by atoms with van der Waals surface area (Å²) >= 11 is 1.35. The summed E-state index contributed by atoms with van der Waals surface area (Å²) in [6.07, 6.45) is 1.54.